The highest BCUT2D eigenvalue weighted by Gasteiger charge is 2.17. The molecule has 0 aliphatic rings. The smallest absolute Gasteiger partial charge is 0.387 e. The van der Waals surface area contributed by atoms with Crippen molar-refractivity contribution in [3.63, 3.8) is 0 Å². The minimum atomic E-state index is -3.05. The zero-order chi connectivity index (χ0) is 19.4. The number of rotatable bonds is 6. The fraction of sp³-hybridized carbons (Fsp3) is 0.111. The number of benzene rings is 2. The highest BCUT2D eigenvalue weighted by molar-refractivity contribution is 9.10. The monoisotopic (exact) mass is 439 g/mol. The minimum absolute atomic E-state index is 0.0634. The van der Waals surface area contributed by atoms with Crippen LogP contribution in [0.15, 0.2) is 59.3 Å². The number of aromatic nitrogens is 2. The molecule has 5 nitrogen and oxygen atoms in total. The van der Waals surface area contributed by atoms with Gasteiger partial charge in [0.15, 0.2) is 0 Å². The Bertz CT molecular complexity index is 963. The Hall–Kier alpha value is -2.81. The predicted octanol–water partition coefficient (Wildman–Crippen LogP) is 4.69. The number of halogens is 4. The van der Waals surface area contributed by atoms with Crippen LogP contribution in [0.25, 0.3) is 0 Å². The second-order valence-corrected chi connectivity index (χ2v) is 6.41. The second kappa shape index (κ2) is 8.26. The number of carbonyl (C=O) groups excluding carboxylic acids is 1. The van der Waals surface area contributed by atoms with Crippen molar-refractivity contribution in [3.05, 3.63) is 76.3 Å². The Balaban J connectivity index is 1.75. The van der Waals surface area contributed by atoms with Gasteiger partial charge in [0.1, 0.15) is 11.6 Å². The Kier molecular flexibility index (Phi) is 5.80. The maximum absolute atomic E-state index is 13.7. The molecule has 0 bridgehead atoms. The summed E-state index contributed by atoms with van der Waals surface area (Å²) in [5.41, 5.74) is 0.712. The van der Waals surface area contributed by atoms with Crippen LogP contribution >= 0.6 is 15.9 Å². The molecule has 3 rings (SSSR count). The van der Waals surface area contributed by atoms with Crippen LogP contribution in [0.1, 0.15) is 15.9 Å². The molecule has 0 aliphatic carbocycles. The van der Waals surface area contributed by atoms with Gasteiger partial charge in [-0.15, -0.1) is 0 Å². The van der Waals surface area contributed by atoms with Crippen molar-refractivity contribution in [1.82, 2.24) is 9.78 Å². The SMILES string of the molecule is O=C(Nc1cnn(Cc2ccccc2F)c1)c1cc(Br)ccc1OC(F)F. The number of amides is 1. The maximum atomic E-state index is 13.7. The van der Waals surface area contributed by atoms with E-state index in [4.69, 9.17) is 0 Å². The summed E-state index contributed by atoms with van der Waals surface area (Å²) in [5.74, 6) is -1.25. The van der Waals surface area contributed by atoms with Crippen LogP contribution < -0.4 is 10.1 Å². The predicted molar refractivity (Wildman–Crippen MR) is 96.5 cm³/mol. The molecule has 9 heteroatoms. The number of nitrogens with one attached hydrogen (secondary N) is 1. The average Bonchev–Trinajstić information content (AvgIpc) is 3.05. The van der Waals surface area contributed by atoms with Crippen molar-refractivity contribution in [2.45, 2.75) is 13.2 Å². The minimum Gasteiger partial charge on any atom is -0.434 e. The van der Waals surface area contributed by atoms with Crippen LogP contribution in [-0.4, -0.2) is 22.3 Å². The van der Waals surface area contributed by atoms with E-state index in [1.54, 1.807) is 18.2 Å². The van der Waals surface area contributed by atoms with Crippen molar-refractivity contribution in [2.75, 3.05) is 5.32 Å². The van der Waals surface area contributed by atoms with Crippen molar-refractivity contribution >= 4 is 27.5 Å². The molecule has 0 spiro atoms. The third-order valence-electron chi connectivity index (χ3n) is 3.58. The van der Waals surface area contributed by atoms with Crippen molar-refractivity contribution in [1.29, 1.82) is 0 Å². The number of hydrogen-bond acceptors (Lipinski definition) is 3. The average molecular weight is 440 g/mol. The zero-order valence-electron chi connectivity index (χ0n) is 13.7. The highest BCUT2D eigenvalue weighted by atomic mass is 79.9. The molecule has 0 aliphatic heterocycles. The summed E-state index contributed by atoms with van der Waals surface area (Å²) in [4.78, 5) is 12.4. The highest BCUT2D eigenvalue weighted by Crippen LogP contribution is 2.26. The maximum Gasteiger partial charge on any atom is 0.387 e. The zero-order valence-corrected chi connectivity index (χ0v) is 15.3. The van der Waals surface area contributed by atoms with Gasteiger partial charge in [-0.3, -0.25) is 9.48 Å². The first-order valence-electron chi connectivity index (χ1n) is 7.74. The Morgan fingerprint density at radius 2 is 2.04 bits per heavy atom. The summed E-state index contributed by atoms with van der Waals surface area (Å²) in [6, 6.07) is 10.4. The summed E-state index contributed by atoms with van der Waals surface area (Å²) in [6.07, 6.45) is 2.89. The van der Waals surface area contributed by atoms with Crippen LogP contribution in [0.5, 0.6) is 5.75 Å². The van der Waals surface area contributed by atoms with Crippen LogP contribution in [0.2, 0.25) is 0 Å². The molecular formula is C18H13BrF3N3O2. The number of carbonyl (C=O) groups is 1. The normalized spacial score (nSPS) is 10.9. The fourth-order valence-electron chi connectivity index (χ4n) is 2.39. The number of ether oxygens (including phenoxy) is 1. The van der Waals surface area contributed by atoms with E-state index >= 15 is 0 Å². The van der Waals surface area contributed by atoms with Crippen molar-refractivity contribution < 1.29 is 22.7 Å². The molecule has 0 saturated carbocycles. The first kappa shape index (κ1) is 19.0. The van der Waals surface area contributed by atoms with Gasteiger partial charge in [-0.05, 0) is 24.3 Å². The molecule has 3 aromatic rings. The van der Waals surface area contributed by atoms with Gasteiger partial charge >= 0.3 is 6.61 Å². The molecular weight excluding hydrogens is 427 g/mol. The molecule has 0 unspecified atom stereocenters. The van der Waals surface area contributed by atoms with E-state index in [2.05, 4.69) is 31.1 Å². The van der Waals surface area contributed by atoms with Gasteiger partial charge in [-0.1, -0.05) is 34.1 Å². The second-order valence-electron chi connectivity index (χ2n) is 5.49. The largest absolute Gasteiger partial charge is 0.434 e. The van der Waals surface area contributed by atoms with Gasteiger partial charge in [0.05, 0.1) is 24.0 Å². The number of nitrogens with zero attached hydrogens (tertiary/aromatic N) is 2. The van der Waals surface area contributed by atoms with Gasteiger partial charge in [-0.25, -0.2) is 4.39 Å². The standard InChI is InChI=1S/C18H13BrF3N3O2/c19-12-5-6-16(27-18(21)22)14(7-12)17(26)24-13-8-23-25(10-13)9-11-3-1-2-4-15(11)20/h1-8,10,18H,9H2,(H,24,26). The van der Waals surface area contributed by atoms with Crippen LogP contribution in [0.3, 0.4) is 0 Å². The summed E-state index contributed by atoms with van der Waals surface area (Å²) in [5, 5.41) is 6.62. The molecule has 1 aromatic heterocycles. The lowest BCUT2D eigenvalue weighted by Crippen LogP contribution is -2.15. The van der Waals surface area contributed by atoms with Crippen LogP contribution in [0, 0.1) is 5.82 Å². The van der Waals surface area contributed by atoms with Gasteiger partial charge in [0.2, 0.25) is 0 Å². The van der Waals surface area contributed by atoms with E-state index in [1.807, 2.05) is 0 Å². The molecule has 1 amide bonds. The fourth-order valence-corrected chi connectivity index (χ4v) is 2.75. The molecule has 140 valence electrons. The Morgan fingerprint density at radius 3 is 2.78 bits per heavy atom. The van der Waals surface area contributed by atoms with Crippen LogP contribution in [0.4, 0.5) is 18.9 Å². The summed E-state index contributed by atoms with van der Waals surface area (Å²) < 4.78 is 45.1. The summed E-state index contributed by atoms with van der Waals surface area (Å²) in [7, 11) is 0. The van der Waals surface area contributed by atoms with E-state index < -0.39 is 12.5 Å². The third-order valence-corrected chi connectivity index (χ3v) is 4.08. The molecule has 0 saturated heterocycles. The van der Waals surface area contributed by atoms with Gasteiger partial charge in [0.25, 0.3) is 5.91 Å². The van der Waals surface area contributed by atoms with Gasteiger partial charge in [-0.2, -0.15) is 13.9 Å². The van der Waals surface area contributed by atoms with Crippen LogP contribution in [-0.2, 0) is 6.54 Å². The number of hydrogen-bond donors (Lipinski definition) is 1. The van der Waals surface area contributed by atoms with E-state index in [-0.39, 0.29) is 23.7 Å². The molecule has 0 radical (unpaired) electrons. The number of alkyl halides is 2. The first-order chi connectivity index (χ1) is 12.9. The lowest BCUT2D eigenvalue weighted by Gasteiger charge is -2.10. The Morgan fingerprint density at radius 1 is 1.26 bits per heavy atom. The van der Waals surface area contributed by atoms with E-state index in [0.717, 1.165) is 0 Å². The van der Waals surface area contributed by atoms with E-state index in [0.29, 0.717) is 15.7 Å². The lowest BCUT2D eigenvalue weighted by molar-refractivity contribution is -0.0501. The molecule has 1 heterocycles. The molecule has 0 atom stereocenters. The van der Waals surface area contributed by atoms with Crippen molar-refractivity contribution in [2.24, 2.45) is 0 Å². The number of anilines is 1. The Labute approximate surface area is 160 Å². The van der Waals surface area contributed by atoms with E-state index in [1.165, 1.54) is 41.3 Å². The molecule has 2 aromatic carbocycles. The van der Waals surface area contributed by atoms with Gasteiger partial charge < -0.3 is 10.1 Å². The van der Waals surface area contributed by atoms with Crippen molar-refractivity contribution in [3.8, 4) is 5.75 Å². The third kappa shape index (κ3) is 4.88. The first-order valence-corrected chi connectivity index (χ1v) is 8.53. The summed E-state index contributed by atoms with van der Waals surface area (Å²) in [6.45, 7) is -2.87. The molecule has 0 fully saturated rings. The molecule has 1 N–H and O–H groups in total. The van der Waals surface area contributed by atoms with Gasteiger partial charge in [0, 0.05) is 16.2 Å². The van der Waals surface area contributed by atoms with E-state index in [9.17, 15) is 18.0 Å². The topological polar surface area (TPSA) is 56.2 Å². The lowest BCUT2D eigenvalue weighted by atomic mass is 10.2. The quantitative estimate of drug-likeness (QED) is 0.606. The summed E-state index contributed by atoms with van der Waals surface area (Å²) >= 11 is 3.19. The molecule has 27 heavy (non-hydrogen) atoms.